The lowest BCUT2D eigenvalue weighted by atomic mass is 9.88. The Hall–Kier alpha value is -1.76. The van der Waals surface area contributed by atoms with Gasteiger partial charge in [-0.25, -0.2) is 0 Å². The number of nitrogens with two attached hydrogens (primary N) is 1. The molecule has 17 heavy (non-hydrogen) atoms. The Bertz CT molecular complexity index is 408. The molecule has 7 nitrogen and oxygen atoms in total. The van der Waals surface area contributed by atoms with Gasteiger partial charge in [-0.15, -0.1) is 0 Å². The number of aromatic nitrogens is 3. The van der Waals surface area contributed by atoms with E-state index in [9.17, 15) is 9.59 Å². The highest BCUT2D eigenvalue weighted by Gasteiger charge is 2.45. The minimum atomic E-state index is -1.16. The molecule has 0 unspecified atom stereocenters. The first-order valence-electron chi connectivity index (χ1n) is 5.58. The van der Waals surface area contributed by atoms with Crippen molar-refractivity contribution in [3.63, 3.8) is 0 Å². The van der Waals surface area contributed by atoms with Crippen LogP contribution >= 0.6 is 0 Å². The molecule has 1 saturated heterocycles. The van der Waals surface area contributed by atoms with Gasteiger partial charge in [0.2, 0.25) is 5.91 Å². The number of aryl methyl sites for hydroxylation is 1. The van der Waals surface area contributed by atoms with Crippen LogP contribution < -0.4 is 11.1 Å². The fourth-order valence-corrected chi connectivity index (χ4v) is 2.13. The summed E-state index contributed by atoms with van der Waals surface area (Å²) in [4.78, 5) is 23.5. The van der Waals surface area contributed by atoms with Crippen molar-refractivity contribution >= 4 is 11.7 Å². The number of carbonyl (C=O) groups excluding carboxylic acids is 2. The van der Waals surface area contributed by atoms with Gasteiger partial charge in [-0.1, -0.05) is 0 Å². The van der Waals surface area contributed by atoms with Crippen molar-refractivity contribution in [2.24, 2.45) is 5.73 Å². The molecule has 0 aromatic carbocycles. The second-order valence-electron chi connectivity index (χ2n) is 4.18. The zero-order valence-electron chi connectivity index (χ0n) is 9.40. The Morgan fingerprint density at radius 2 is 2.35 bits per heavy atom. The van der Waals surface area contributed by atoms with Crippen LogP contribution in [0.4, 0.5) is 0 Å². The number of Topliss-reactive ketones (excluding diaryl/α,β-unsaturated/α-hetero) is 1. The fourth-order valence-electron chi connectivity index (χ4n) is 2.13. The van der Waals surface area contributed by atoms with Gasteiger partial charge in [0.1, 0.15) is 0 Å². The molecule has 0 saturated carbocycles. The Kier molecular flexibility index (Phi) is 3.19. The number of hydrogen-bond donors (Lipinski definition) is 3. The van der Waals surface area contributed by atoms with E-state index in [1.165, 1.54) is 0 Å². The first-order valence-corrected chi connectivity index (χ1v) is 5.58. The van der Waals surface area contributed by atoms with Crippen LogP contribution in [0.15, 0.2) is 6.20 Å². The van der Waals surface area contributed by atoms with Crippen LogP contribution in [0.5, 0.6) is 0 Å². The van der Waals surface area contributed by atoms with Crippen LogP contribution in [0, 0.1) is 0 Å². The molecule has 1 fully saturated rings. The lowest BCUT2D eigenvalue weighted by Crippen LogP contribution is -2.57. The zero-order chi connectivity index (χ0) is 12.3. The van der Waals surface area contributed by atoms with Crippen LogP contribution in [0.3, 0.4) is 0 Å². The molecule has 1 aromatic heterocycles. The van der Waals surface area contributed by atoms with E-state index in [0.717, 1.165) is 6.42 Å². The number of hydrogen-bond acceptors (Lipinski definition) is 5. The molecular weight excluding hydrogens is 222 g/mol. The van der Waals surface area contributed by atoms with Crippen LogP contribution in [0.25, 0.3) is 0 Å². The van der Waals surface area contributed by atoms with Crippen molar-refractivity contribution in [2.45, 2.75) is 31.2 Å². The molecule has 0 radical (unpaired) electrons. The lowest BCUT2D eigenvalue weighted by molar-refractivity contribution is -0.135. The monoisotopic (exact) mass is 237 g/mol. The topological polar surface area (TPSA) is 114 Å². The third-order valence-electron chi connectivity index (χ3n) is 3.13. The van der Waals surface area contributed by atoms with Crippen molar-refractivity contribution in [2.75, 3.05) is 6.54 Å². The van der Waals surface area contributed by atoms with Crippen molar-refractivity contribution in [3.05, 3.63) is 11.9 Å². The Balaban J connectivity index is 2.00. The summed E-state index contributed by atoms with van der Waals surface area (Å²) in [6.45, 7) is 0.651. The first kappa shape index (κ1) is 11.7. The maximum Gasteiger partial charge on any atom is 0.245 e. The molecule has 0 bridgehead atoms. The average molecular weight is 237 g/mol. The first-order chi connectivity index (χ1) is 8.15. The van der Waals surface area contributed by atoms with Gasteiger partial charge >= 0.3 is 0 Å². The van der Waals surface area contributed by atoms with Gasteiger partial charge in [0.05, 0.1) is 11.9 Å². The summed E-state index contributed by atoms with van der Waals surface area (Å²) in [6.07, 6.45) is 3.54. The SMILES string of the molecule is NC(=O)[C@]1(C(=O)CCc2cn[nH]n2)CCCN1. The minimum absolute atomic E-state index is 0.162. The summed E-state index contributed by atoms with van der Waals surface area (Å²) in [5.41, 5.74) is 4.87. The van der Waals surface area contributed by atoms with Crippen LogP contribution in [-0.2, 0) is 16.0 Å². The van der Waals surface area contributed by atoms with Gasteiger partial charge in [0.25, 0.3) is 0 Å². The summed E-state index contributed by atoms with van der Waals surface area (Å²) in [7, 11) is 0. The Morgan fingerprint density at radius 1 is 1.53 bits per heavy atom. The average Bonchev–Trinajstić information content (AvgIpc) is 2.97. The molecular formula is C10H15N5O2. The van der Waals surface area contributed by atoms with E-state index < -0.39 is 11.4 Å². The smallest absolute Gasteiger partial charge is 0.245 e. The van der Waals surface area contributed by atoms with Gasteiger partial charge in [0, 0.05) is 12.8 Å². The van der Waals surface area contributed by atoms with Gasteiger partial charge in [0.15, 0.2) is 11.3 Å². The fraction of sp³-hybridized carbons (Fsp3) is 0.600. The highest BCUT2D eigenvalue weighted by molar-refractivity contribution is 6.10. The van der Waals surface area contributed by atoms with Crippen molar-refractivity contribution in [1.29, 1.82) is 0 Å². The summed E-state index contributed by atoms with van der Waals surface area (Å²) in [6, 6.07) is 0. The number of primary amides is 1. The molecule has 92 valence electrons. The summed E-state index contributed by atoms with van der Waals surface area (Å²) in [5.74, 6) is -0.745. The number of nitrogens with zero attached hydrogens (tertiary/aromatic N) is 2. The quantitative estimate of drug-likeness (QED) is 0.563. The Morgan fingerprint density at radius 3 is 2.88 bits per heavy atom. The maximum absolute atomic E-state index is 12.1. The number of ketones is 1. The Labute approximate surface area is 98.1 Å². The number of carbonyl (C=O) groups is 2. The standard InChI is InChI=1S/C10H15N5O2/c11-9(17)10(4-1-5-12-10)8(16)3-2-7-6-13-15-14-7/h6,12H,1-5H2,(H2,11,17)(H,13,14,15)/t10-/m1/s1. The predicted molar refractivity (Wildman–Crippen MR) is 58.9 cm³/mol. The van der Waals surface area contributed by atoms with E-state index in [-0.39, 0.29) is 12.2 Å². The normalized spacial score (nSPS) is 23.8. The molecule has 1 atom stereocenters. The number of rotatable bonds is 5. The highest BCUT2D eigenvalue weighted by atomic mass is 16.2. The highest BCUT2D eigenvalue weighted by Crippen LogP contribution is 2.22. The number of H-pyrrole nitrogens is 1. The van der Waals surface area contributed by atoms with E-state index in [4.69, 9.17) is 5.73 Å². The molecule has 4 N–H and O–H groups in total. The minimum Gasteiger partial charge on any atom is -0.368 e. The molecule has 1 aromatic rings. The van der Waals surface area contributed by atoms with Gasteiger partial charge in [-0.3, -0.25) is 14.9 Å². The molecule has 0 spiro atoms. The van der Waals surface area contributed by atoms with Crippen LogP contribution in [-0.4, -0.2) is 39.2 Å². The third-order valence-corrected chi connectivity index (χ3v) is 3.13. The van der Waals surface area contributed by atoms with Crippen LogP contribution in [0.1, 0.15) is 25.0 Å². The molecule has 0 aliphatic carbocycles. The van der Waals surface area contributed by atoms with E-state index in [1.54, 1.807) is 6.20 Å². The molecule has 1 aliphatic heterocycles. The second-order valence-corrected chi connectivity index (χ2v) is 4.18. The lowest BCUT2D eigenvalue weighted by Gasteiger charge is -2.23. The number of aromatic amines is 1. The summed E-state index contributed by atoms with van der Waals surface area (Å²) >= 11 is 0. The predicted octanol–water partition coefficient (Wildman–Crippen LogP) is -1.09. The molecule has 1 amide bonds. The van der Waals surface area contributed by atoms with Gasteiger partial charge in [-0.2, -0.15) is 15.4 Å². The van der Waals surface area contributed by atoms with Gasteiger partial charge < -0.3 is 5.73 Å². The van der Waals surface area contributed by atoms with Gasteiger partial charge in [-0.05, 0) is 19.4 Å². The summed E-state index contributed by atoms with van der Waals surface area (Å²) in [5, 5.41) is 12.9. The molecule has 7 heteroatoms. The second kappa shape index (κ2) is 4.62. The maximum atomic E-state index is 12.1. The molecule has 1 aliphatic rings. The van der Waals surface area contributed by atoms with E-state index in [0.29, 0.717) is 25.1 Å². The largest absolute Gasteiger partial charge is 0.368 e. The van der Waals surface area contributed by atoms with Crippen molar-refractivity contribution in [1.82, 2.24) is 20.7 Å². The van der Waals surface area contributed by atoms with E-state index >= 15 is 0 Å². The van der Waals surface area contributed by atoms with E-state index in [1.807, 2.05) is 0 Å². The van der Waals surface area contributed by atoms with Crippen molar-refractivity contribution < 1.29 is 9.59 Å². The summed E-state index contributed by atoms with van der Waals surface area (Å²) < 4.78 is 0. The van der Waals surface area contributed by atoms with E-state index in [2.05, 4.69) is 20.7 Å². The number of nitrogens with one attached hydrogen (secondary N) is 2. The molecule has 2 heterocycles. The zero-order valence-corrected chi connectivity index (χ0v) is 9.40. The molecule has 2 rings (SSSR count). The number of amides is 1. The third kappa shape index (κ3) is 2.19. The van der Waals surface area contributed by atoms with Crippen molar-refractivity contribution in [3.8, 4) is 0 Å². The van der Waals surface area contributed by atoms with Crippen LogP contribution in [0.2, 0.25) is 0 Å².